The standard InChI is InChI=1S/C21H20N2O4S/c1-12-4-9-16(13(2)10-12)19-17(11-18(24)25)28-21(23-19)22-15-7-5-14(6-8-15)20(26)27-3/h4-10H,11H2,1-3H3,(H,22,23)(H,24,25). The third-order valence-electron chi connectivity index (χ3n) is 4.20. The summed E-state index contributed by atoms with van der Waals surface area (Å²) in [5.74, 6) is -1.30. The number of nitrogens with zero attached hydrogens (tertiary/aromatic N) is 1. The van der Waals surface area contributed by atoms with Gasteiger partial charge in [0, 0.05) is 16.1 Å². The van der Waals surface area contributed by atoms with E-state index in [1.54, 1.807) is 24.3 Å². The second kappa shape index (κ2) is 8.22. The van der Waals surface area contributed by atoms with Crippen LogP contribution >= 0.6 is 11.3 Å². The molecule has 1 heterocycles. The molecule has 0 aliphatic heterocycles. The van der Waals surface area contributed by atoms with Crippen molar-refractivity contribution in [2.75, 3.05) is 12.4 Å². The van der Waals surface area contributed by atoms with Crippen molar-refractivity contribution in [3.63, 3.8) is 0 Å². The predicted octanol–water partition coefficient (Wildman–Crippen LogP) is 4.58. The minimum atomic E-state index is -0.899. The highest BCUT2D eigenvalue weighted by Gasteiger charge is 2.17. The van der Waals surface area contributed by atoms with Gasteiger partial charge < -0.3 is 15.2 Å². The van der Waals surface area contributed by atoms with E-state index >= 15 is 0 Å². The number of methoxy groups -OCH3 is 1. The monoisotopic (exact) mass is 396 g/mol. The summed E-state index contributed by atoms with van der Waals surface area (Å²) in [5, 5.41) is 13.1. The van der Waals surface area contributed by atoms with Crippen LogP contribution in [0.2, 0.25) is 0 Å². The van der Waals surface area contributed by atoms with Crippen molar-refractivity contribution in [1.82, 2.24) is 4.98 Å². The summed E-state index contributed by atoms with van der Waals surface area (Å²) < 4.78 is 4.69. The van der Waals surface area contributed by atoms with Gasteiger partial charge in [0.1, 0.15) is 0 Å². The molecule has 0 amide bonds. The number of aliphatic carboxylic acids is 1. The molecule has 0 atom stereocenters. The van der Waals surface area contributed by atoms with Crippen LogP contribution in [0.25, 0.3) is 11.3 Å². The summed E-state index contributed by atoms with van der Waals surface area (Å²) in [4.78, 5) is 28.2. The van der Waals surface area contributed by atoms with Gasteiger partial charge in [-0.25, -0.2) is 9.78 Å². The van der Waals surface area contributed by atoms with Gasteiger partial charge >= 0.3 is 11.9 Å². The molecule has 3 aromatic rings. The molecular formula is C21H20N2O4S. The molecule has 28 heavy (non-hydrogen) atoms. The number of aryl methyl sites for hydroxylation is 2. The van der Waals surface area contributed by atoms with Crippen LogP contribution in [0.3, 0.4) is 0 Å². The van der Waals surface area contributed by atoms with Crippen LogP contribution in [0.4, 0.5) is 10.8 Å². The Morgan fingerprint density at radius 3 is 2.46 bits per heavy atom. The van der Waals surface area contributed by atoms with Gasteiger partial charge in [0.05, 0.1) is 24.8 Å². The Bertz CT molecular complexity index is 1030. The zero-order valence-electron chi connectivity index (χ0n) is 15.8. The summed E-state index contributed by atoms with van der Waals surface area (Å²) in [7, 11) is 1.34. The van der Waals surface area contributed by atoms with Gasteiger partial charge in [-0.15, -0.1) is 11.3 Å². The first-order valence-corrected chi connectivity index (χ1v) is 9.43. The Morgan fingerprint density at radius 1 is 1.14 bits per heavy atom. The molecule has 6 nitrogen and oxygen atoms in total. The first-order valence-electron chi connectivity index (χ1n) is 8.62. The van der Waals surface area contributed by atoms with Gasteiger partial charge in [0.15, 0.2) is 5.13 Å². The highest BCUT2D eigenvalue weighted by atomic mass is 32.1. The van der Waals surface area contributed by atoms with Gasteiger partial charge in [-0.3, -0.25) is 4.79 Å². The van der Waals surface area contributed by atoms with E-state index in [9.17, 15) is 14.7 Å². The number of rotatable bonds is 6. The fraction of sp³-hybridized carbons (Fsp3) is 0.190. The van der Waals surface area contributed by atoms with E-state index in [1.807, 2.05) is 26.0 Å². The second-order valence-corrected chi connectivity index (χ2v) is 7.46. The topological polar surface area (TPSA) is 88.5 Å². The lowest BCUT2D eigenvalue weighted by molar-refractivity contribution is -0.136. The van der Waals surface area contributed by atoms with Crippen LogP contribution < -0.4 is 5.32 Å². The van der Waals surface area contributed by atoms with Crippen LogP contribution in [-0.2, 0) is 16.0 Å². The molecule has 2 aromatic carbocycles. The van der Waals surface area contributed by atoms with Gasteiger partial charge in [-0.2, -0.15) is 0 Å². The number of carboxylic acid groups (broad SMARTS) is 1. The van der Waals surface area contributed by atoms with Crippen LogP contribution in [-0.4, -0.2) is 29.1 Å². The maximum absolute atomic E-state index is 11.5. The number of carboxylic acids is 1. The van der Waals surface area contributed by atoms with Crippen molar-refractivity contribution in [2.24, 2.45) is 0 Å². The molecule has 0 saturated heterocycles. The normalized spacial score (nSPS) is 10.5. The molecule has 0 radical (unpaired) electrons. The Morgan fingerprint density at radius 2 is 1.86 bits per heavy atom. The number of hydrogen-bond donors (Lipinski definition) is 2. The van der Waals surface area contributed by atoms with Crippen LogP contribution in [0, 0.1) is 13.8 Å². The fourth-order valence-electron chi connectivity index (χ4n) is 2.88. The predicted molar refractivity (Wildman–Crippen MR) is 109 cm³/mol. The Kier molecular flexibility index (Phi) is 5.75. The highest BCUT2D eigenvalue weighted by molar-refractivity contribution is 7.16. The van der Waals surface area contributed by atoms with E-state index in [0.717, 1.165) is 22.4 Å². The van der Waals surface area contributed by atoms with Crippen molar-refractivity contribution >= 4 is 34.1 Å². The number of carbonyl (C=O) groups is 2. The minimum absolute atomic E-state index is 0.0940. The van der Waals surface area contributed by atoms with E-state index in [4.69, 9.17) is 4.74 Å². The van der Waals surface area contributed by atoms with Crippen molar-refractivity contribution < 1.29 is 19.4 Å². The molecule has 0 aliphatic carbocycles. The number of carbonyl (C=O) groups excluding carboxylic acids is 1. The zero-order chi connectivity index (χ0) is 20.3. The van der Waals surface area contributed by atoms with Crippen LogP contribution in [0.1, 0.15) is 26.4 Å². The van der Waals surface area contributed by atoms with E-state index in [2.05, 4.69) is 16.4 Å². The maximum Gasteiger partial charge on any atom is 0.337 e. The van der Waals surface area contributed by atoms with E-state index in [1.165, 1.54) is 18.4 Å². The SMILES string of the molecule is COC(=O)c1ccc(Nc2nc(-c3ccc(C)cc3C)c(CC(=O)O)s2)cc1. The highest BCUT2D eigenvalue weighted by Crippen LogP contribution is 2.35. The smallest absolute Gasteiger partial charge is 0.337 e. The minimum Gasteiger partial charge on any atom is -0.481 e. The largest absolute Gasteiger partial charge is 0.481 e. The molecule has 0 saturated carbocycles. The molecule has 0 aliphatic rings. The molecular weight excluding hydrogens is 376 g/mol. The fourth-order valence-corrected chi connectivity index (χ4v) is 3.87. The lowest BCUT2D eigenvalue weighted by Crippen LogP contribution is -2.00. The van der Waals surface area contributed by atoms with Crippen molar-refractivity contribution in [2.45, 2.75) is 20.3 Å². The quantitative estimate of drug-likeness (QED) is 0.593. The number of thiazole rings is 1. The van der Waals surface area contributed by atoms with E-state index in [-0.39, 0.29) is 6.42 Å². The maximum atomic E-state index is 11.5. The molecule has 7 heteroatoms. The molecule has 2 N–H and O–H groups in total. The number of anilines is 2. The summed E-state index contributed by atoms with van der Waals surface area (Å²) in [6.07, 6.45) is -0.0940. The first kappa shape index (κ1) is 19.6. The molecule has 144 valence electrons. The van der Waals surface area contributed by atoms with Gasteiger partial charge in [-0.1, -0.05) is 23.8 Å². The van der Waals surface area contributed by atoms with Gasteiger partial charge in [0.2, 0.25) is 0 Å². The molecule has 0 unspecified atom stereocenters. The van der Waals surface area contributed by atoms with Crippen molar-refractivity contribution in [3.05, 3.63) is 64.0 Å². The Hall–Kier alpha value is -3.19. The number of ether oxygens (including phenoxy) is 1. The number of esters is 1. The number of hydrogen-bond acceptors (Lipinski definition) is 6. The van der Waals surface area contributed by atoms with Crippen molar-refractivity contribution in [1.29, 1.82) is 0 Å². The molecule has 0 fully saturated rings. The summed E-state index contributed by atoms with van der Waals surface area (Å²) in [6.45, 7) is 4.01. The number of aromatic nitrogens is 1. The second-order valence-electron chi connectivity index (χ2n) is 6.37. The van der Waals surface area contributed by atoms with E-state index in [0.29, 0.717) is 21.3 Å². The average Bonchev–Trinajstić information content (AvgIpc) is 3.02. The third-order valence-corrected chi connectivity index (χ3v) is 5.17. The van der Waals surface area contributed by atoms with Crippen molar-refractivity contribution in [3.8, 4) is 11.3 Å². The number of nitrogens with one attached hydrogen (secondary N) is 1. The lowest BCUT2D eigenvalue weighted by Gasteiger charge is -2.06. The van der Waals surface area contributed by atoms with Gasteiger partial charge in [-0.05, 0) is 43.7 Å². The summed E-state index contributed by atoms with van der Waals surface area (Å²) >= 11 is 1.31. The molecule has 0 spiro atoms. The average molecular weight is 396 g/mol. The van der Waals surface area contributed by atoms with Crippen LogP contribution in [0.15, 0.2) is 42.5 Å². The first-order chi connectivity index (χ1) is 13.4. The lowest BCUT2D eigenvalue weighted by atomic mass is 10.0. The van der Waals surface area contributed by atoms with Crippen LogP contribution in [0.5, 0.6) is 0 Å². The number of benzene rings is 2. The van der Waals surface area contributed by atoms with E-state index < -0.39 is 11.9 Å². The third kappa shape index (κ3) is 4.37. The zero-order valence-corrected chi connectivity index (χ0v) is 16.6. The molecule has 0 bridgehead atoms. The summed E-state index contributed by atoms with van der Waals surface area (Å²) in [5.41, 5.74) is 4.99. The Balaban J connectivity index is 1.93. The molecule has 3 rings (SSSR count). The Labute approximate surface area is 166 Å². The van der Waals surface area contributed by atoms with Gasteiger partial charge in [0.25, 0.3) is 0 Å². The molecule has 1 aromatic heterocycles. The summed E-state index contributed by atoms with van der Waals surface area (Å²) in [6, 6.07) is 12.8.